The van der Waals surface area contributed by atoms with Crippen molar-refractivity contribution >= 4 is 0 Å². The van der Waals surface area contributed by atoms with Gasteiger partial charge < -0.3 is 14.2 Å². The van der Waals surface area contributed by atoms with E-state index in [0.717, 1.165) is 39.1 Å². The fourth-order valence-electron chi connectivity index (χ4n) is 3.70. The van der Waals surface area contributed by atoms with Gasteiger partial charge >= 0.3 is 0 Å². The predicted octanol–water partition coefficient (Wildman–Crippen LogP) is 3.09. The fraction of sp³-hybridized carbons (Fsp3) is 0.875. The molecule has 0 spiro atoms. The lowest BCUT2D eigenvalue weighted by molar-refractivity contribution is -0.476. The minimum absolute atomic E-state index is 0.119. The zero-order chi connectivity index (χ0) is 13.2. The van der Waals surface area contributed by atoms with Crippen LogP contribution >= 0.6 is 0 Å². The SMILES string of the molecule is C#CCCCC12OCC(C3CCCCC3)(CO1)CO2. The van der Waals surface area contributed by atoms with E-state index in [2.05, 4.69) is 5.92 Å². The Bertz CT molecular complexity index is 327. The lowest BCUT2D eigenvalue weighted by Gasteiger charge is -2.55. The summed E-state index contributed by atoms with van der Waals surface area (Å²) >= 11 is 0. The number of terminal acetylenes is 1. The average Bonchev–Trinajstić information content (AvgIpc) is 2.50. The zero-order valence-corrected chi connectivity index (χ0v) is 11.7. The van der Waals surface area contributed by atoms with Gasteiger partial charge in [0.15, 0.2) is 0 Å². The fourth-order valence-corrected chi connectivity index (χ4v) is 3.70. The maximum absolute atomic E-state index is 5.95. The molecular formula is C16H24O3. The summed E-state index contributed by atoms with van der Waals surface area (Å²) in [6.07, 6.45) is 14.4. The molecule has 1 saturated carbocycles. The van der Waals surface area contributed by atoms with Crippen LogP contribution < -0.4 is 0 Å². The first-order valence-corrected chi connectivity index (χ1v) is 7.64. The summed E-state index contributed by atoms with van der Waals surface area (Å²) in [5.74, 6) is 2.58. The topological polar surface area (TPSA) is 27.7 Å². The molecule has 3 nitrogen and oxygen atoms in total. The van der Waals surface area contributed by atoms with Gasteiger partial charge in [0.2, 0.25) is 0 Å². The Hall–Kier alpha value is -0.560. The molecule has 3 heterocycles. The van der Waals surface area contributed by atoms with Gasteiger partial charge in [-0.3, -0.25) is 0 Å². The Morgan fingerprint density at radius 1 is 1.00 bits per heavy atom. The lowest BCUT2D eigenvalue weighted by atomic mass is 9.69. The quantitative estimate of drug-likeness (QED) is 0.577. The van der Waals surface area contributed by atoms with E-state index in [0.29, 0.717) is 5.92 Å². The summed E-state index contributed by atoms with van der Waals surface area (Å²) in [6.45, 7) is 2.40. The molecule has 0 aromatic heterocycles. The maximum Gasteiger partial charge on any atom is 0.282 e. The summed E-state index contributed by atoms with van der Waals surface area (Å²) in [6, 6.07) is 0. The van der Waals surface area contributed by atoms with E-state index in [9.17, 15) is 0 Å². The number of hydrogen-bond acceptors (Lipinski definition) is 3. The van der Waals surface area contributed by atoms with Crippen molar-refractivity contribution in [1.29, 1.82) is 0 Å². The van der Waals surface area contributed by atoms with Crippen LogP contribution in [-0.2, 0) is 14.2 Å². The van der Waals surface area contributed by atoms with Crippen LogP contribution in [-0.4, -0.2) is 25.8 Å². The van der Waals surface area contributed by atoms with Crippen LogP contribution in [0, 0.1) is 23.7 Å². The molecule has 0 radical (unpaired) electrons. The van der Waals surface area contributed by atoms with Crippen molar-refractivity contribution in [3.8, 4) is 12.3 Å². The van der Waals surface area contributed by atoms with Crippen LogP contribution in [0.4, 0.5) is 0 Å². The highest BCUT2D eigenvalue weighted by atomic mass is 16.9. The van der Waals surface area contributed by atoms with Crippen molar-refractivity contribution in [3.63, 3.8) is 0 Å². The molecule has 1 aliphatic carbocycles. The average molecular weight is 264 g/mol. The van der Waals surface area contributed by atoms with Crippen molar-refractivity contribution in [2.45, 2.75) is 57.3 Å². The van der Waals surface area contributed by atoms with Crippen LogP contribution in [0.5, 0.6) is 0 Å². The lowest BCUT2D eigenvalue weighted by Crippen LogP contribution is -2.62. The predicted molar refractivity (Wildman–Crippen MR) is 72.3 cm³/mol. The summed E-state index contributed by atoms with van der Waals surface area (Å²) in [5, 5.41) is 0. The first-order valence-electron chi connectivity index (χ1n) is 7.64. The van der Waals surface area contributed by atoms with Gasteiger partial charge in [0.25, 0.3) is 5.97 Å². The Morgan fingerprint density at radius 2 is 1.63 bits per heavy atom. The van der Waals surface area contributed by atoms with Gasteiger partial charge in [-0.2, -0.15) is 0 Å². The Balaban J connectivity index is 1.59. The van der Waals surface area contributed by atoms with E-state index >= 15 is 0 Å². The van der Waals surface area contributed by atoms with E-state index in [1.54, 1.807) is 0 Å². The van der Waals surface area contributed by atoms with Crippen molar-refractivity contribution < 1.29 is 14.2 Å². The monoisotopic (exact) mass is 264 g/mol. The van der Waals surface area contributed by atoms with Crippen LogP contribution in [0.15, 0.2) is 0 Å². The van der Waals surface area contributed by atoms with Crippen LogP contribution in [0.25, 0.3) is 0 Å². The highest BCUT2D eigenvalue weighted by Crippen LogP contribution is 2.48. The highest BCUT2D eigenvalue weighted by Gasteiger charge is 2.55. The van der Waals surface area contributed by atoms with Gasteiger partial charge in [-0.25, -0.2) is 0 Å². The van der Waals surface area contributed by atoms with Crippen molar-refractivity contribution in [2.75, 3.05) is 19.8 Å². The van der Waals surface area contributed by atoms with E-state index < -0.39 is 5.97 Å². The van der Waals surface area contributed by atoms with E-state index in [4.69, 9.17) is 20.6 Å². The molecule has 3 heteroatoms. The third-order valence-corrected chi connectivity index (χ3v) is 5.01. The molecule has 4 rings (SSSR count). The summed E-state index contributed by atoms with van der Waals surface area (Å²) < 4.78 is 17.9. The molecule has 19 heavy (non-hydrogen) atoms. The number of rotatable bonds is 4. The molecule has 3 aliphatic heterocycles. The first-order chi connectivity index (χ1) is 9.29. The van der Waals surface area contributed by atoms with Gasteiger partial charge in [-0.15, -0.1) is 12.3 Å². The van der Waals surface area contributed by atoms with Gasteiger partial charge in [0.1, 0.15) is 0 Å². The highest BCUT2D eigenvalue weighted by molar-refractivity contribution is 4.94. The molecule has 3 saturated heterocycles. The molecule has 2 bridgehead atoms. The standard InChI is InChI=1S/C16H24O3/c1-2-3-7-10-16-17-11-15(12-18-16,13-19-16)14-8-5-4-6-9-14/h1,14H,3-13H2. The normalized spacial score (nSPS) is 39.1. The third kappa shape index (κ3) is 2.54. The first kappa shape index (κ1) is 13.4. The summed E-state index contributed by atoms with van der Waals surface area (Å²) in [4.78, 5) is 0. The second kappa shape index (κ2) is 5.44. The third-order valence-electron chi connectivity index (χ3n) is 5.01. The molecule has 0 unspecified atom stereocenters. The molecule has 0 atom stereocenters. The van der Waals surface area contributed by atoms with Gasteiger partial charge in [0, 0.05) is 18.3 Å². The molecular weight excluding hydrogens is 240 g/mol. The molecule has 0 aromatic carbocycles. The molecule has 0 N–H and O–H groups in total. The van der Waals surface area contributed by atoms with Crippen LogP contribution in [0.3, 0.4) is 0 Å². The summed E-state index contributed by atoms with van der Waals surface area (Å²) in [7, 11) is 0. The largest absolute Gasteiger partial charge is 0.327 e. The second-order valence-corrected chi connectivity index (χ2v) is 6.30. The molecule has 106 valence electrons. The number of unbranched alkanes of at least 4 members (excludes halogenated alkanes) is 1. The van der Waals surface area contributed by atoms with E-state index in [-0.39, 0.29) is 5.41 Å². The van der Waals surface area contributed by atoms with Crippen LogP contribution in [0.1, 0.15) is 51.4 Å². The number of ether oxygens (including phenoxy) is 3. The smallest absolute Gasteiger partial charge is 0.282 e. The van der Waals surface area contributed by atoms with E-state index in [1.165, 1.54) is 32.1 Å². The minimum Gasteiger partial charge on any atom is -0.327 e. The minimum atomic E-state index is -0.784. The molecule has 0 amide bonds. The van der Waals surface area contributed by atoms with Crippen LogP contribution in [0.2, 0.25) is 0 Å². The second-order valence-electron chi connectivity index (χ2n) is 6.30. The Morgan fingerprint density at radius 3 is 2.21 bits per heavy atom. The van der Waals surface area contributed by atoms with E-state index in [1.807, 2.05) is 0 Å². The van der Waals surface area contributed by atoms with Crippen molar-refractivity contribution in [1.82, 2.24) is 0 Å². The Labute approximate surface area is 116 Å². The Kier molecular flexibility index (Phi) is 3.84. The van der Waals surface area contributed by atoms with Gasteiger partial charge in [-0.1, -0.05) is 19.3 Å². The molecule has 0 aromatic rings. The zero-order valence-electron chi connectivity index (χ0n) is 11.7. The maximum atomic E-state index is 5.95. The van der Waals surface area contributed by atoms with Gasteiger partial charge in [-0.05, 0) is 25.2 Å². The van der Waals surface area contributed by atoms with Crippen molar-refractivity contribution in [3.05, 3.63) is 0 Å². The van der Waals surface area contributed by atoms with Crippen molar-refractivity contribution in [2.24, 2.45) is 11.3 Å². The molecule has 4 aliphatic rings. The number of fused-ring (bicyclic) bond motifs is 3. The number of hydrogen-bond donors (Lipinski definition) is 0. The molecule has 4 fully saturated rings. The summed E-state index contributed by atoms with van der Waals surface area (Å²) in [5.41, 5.74) is 0.119. The van der Waals surface area contributed by atoms with Gasteiger partial charge in [0.05, 0.1) is 19.8 Å².